The molecule has 3 N–H and O–H groups in total. The number of para-hydroxylation sites is 1. The van der Waals surface area contributed by atoms with Gasteiger partial charge in [-0.2, -0.15) is 0 Å². The zero-order chi connectivity index (χ0) is 21.7. The number of nitrogens with one attached hydrogen (secondary N) is 3. The van der Waals surface area contributed by atoms with Crippen LogP contribution < -0.4 is 10.6 Å². The summed E-state index contributed by atoms with van der Waals surface area (Å²) in [4.78, 5) is 29.0. The van der Waals surface area contributed by atoms with Gasteiger partial charge in [-0.05, 0) is 49.8 Å². The molecule has 1 fully saturated rings. The summed E-state index contributed by atoms with van der Waals surface area (Å²) >= 11 is 0. The predicted molar refractivity (Wildman–Crippen MR) is 121 cm³/mol. The summed E-state index contributed by atoms with van der Waals surface area (Å²) in [5.74, 6) is -0.223. The van der Waals surface area contributed by atoms with Gasteiger partial charge in [-0.25, -0.2) is 4.79 Å². The van der Waals surface area contributed by atoms with Crippen molar-refractivity contribution in [3.8, 4) is 0 Å². The first-order valence-electron chi connectivity index (χ1n) is 10.9. The fraction of sp³-hybridized carbons (Fsp3) is 0.360. The van der Waals surface area contributed by atoms with Crippen LogP contribution in [0.25, 0.3) is 10.9 Å². The average molecular weight is 420 g/mol. The van der Waals surface area contributed by atoms with Crippen LogP contribution >= 0.6 is 0 Å². The zero-order valence-corrected chi connectivity index (χ0v) is 17.8. The van der Waals surface area contributed by atoms with E-state index in [4.69, 9.17) is 4.74 Å². The molecular formula is C25H29N3O3. The van der Waals surface area contributed by atoms with Crippen molar-refractivity contribution < 1.29 is 14.3 Å². The number of benzene rings is 2. The second-order valence-electron chi connectivity index (χ2n) is 8.44. The van der Waals surface area contributed by atoms with E-state index in [2.05, 4.69) is 15.6 Å². The molecule has 1 saturated carbocycles. The van der Waals surface area contributed by atoms with Crippen LogP contribution in [-0.2, 0) is 22.4 Å². The molecule has 1 heterocycles. The number of carbonyl (C=O) groups is 2. The largest absolute Gasteiger partial charge is 0.446 e. The standard InChI is InChI=1S/C25H29N3O3/c1-25(28-24(30)31-20-10-7-11-20,16-19-17-27-22-13-6-5-12-21(19)22)23(29)26-15-14-18-8-3-2-4-9-18/h2-6,8-9,12-13,17,20,27H,7,10-11,14-16H2,1H3,(H,26,29)(H,28,30)/t25-/m0/s1. The molecule has 162 valence electrons. The number of aromatic nitrogens is 1. The highest BCUT2D eigenvalue weighted by Gasteiger charge is 2.37. The number of rotatable bonds is 8. The summed E-state index contributed by atoms with van der Waals surface area (Å²) in [6, 6.07) is 17.9. The molecule has 0 saturated heterocycles. The Morgan fingerprint density at radius 1 is 1.10 bits per heavy atom. The maximum Gasteiger partial charge on any atom is 0.408 e. The molecule has 3 aromatic rings. The number of alkyl carbamates (subject to hydrolysis) is 1. The van der Waals surface area contributed by atoms with Crippen LogP contribution in [0.15, 0.2) is 60.8 Å². The molecule has 1 atom stereocenters. The molecule has 4 rings (SSSR count). The fourth-order valence-electron chi connectivity index (χ4n) is 3.89. The predicted octanol–water partition coefficient (Wildman–Crippen LogP) is 4.11. The van der Waals surface area contributed by atoms with E-state index in [1.165, 1.54) is 0 Å². The molecule has 0 aliphatic heterocycles. The number of hydrogen-bond donors (Lipinski definition) is 3. The molecule has 2 amide bonds. The molecule has 6 heteroatoms. The summed E-state index contributed by atoms with van der Waals surface area (Å²) < 4.78 is 5.47. The monoisotopic (exact) mass is 419 g/mol. The smallest absolute Gasteiger partial charge is 0.408 e. The minimum Gasteiger partial charge on any atom is -0.446 e. The highest BCUT2D eigenvalue weighted by Crippen LogP contribution is 2.25. The fourth-order valence-corrected chi connectivity index (χ4v) is 3.89. The molecule has 1 aliphatic carbocycles. The average Bonchev–Trinajstić information content (AvgIpc) is 3.14. The van der Waals surface area contributed by atoms with Gasteiger partial charge in [0.15, 0.2) is 0 Å². The summed E-state index contributed by atoms with van der Waals surface area (Å²) in [5.41, 5.74) is 1.99. The first kappa shape index (κ1) is 21.0. The van der Waals surface area contributed by atoms with E-state index in [1.807, 2.05) is 60.8 Å². The minimum absolute atomic E-state index is 0.0431. The first-order chi connectivity index (χ1) is 15.0. The highest BCUT2D eigenvalue weighted by atomic mass is 16.6. The lowest BCUT2D eigenvalue weighted by molar-refractivity contribution is -0.127. The maximum atomic E-state index is 13.2. The van der Waals surface area contributed by atoms with Crippen molar-refractivity contribution in [2.75, 3.05) is 6.54 Å². The van der Waals surface area contributed by atoms with Crippen LogP contribution in [0.3, 0.4) is 0 Å². The summed E-state index contributed by atoms with van der Waals surface area (Å²) in [7, 11) is 0. The zero-order valence-electron chi connectivity index (χ0n) is 17.8. The third kappa shape index (κ3) is 5.08. The van der Waals surface area contributed by atoms with Crippen LogP contribution in [0.2, 0.25) is 0 Å². The number of hydrogen-bond acceptors (Lipinski definition) is 3. The van der Waals surface area contributed by atoms with Gasteiger partial charge in [0.1, 0.15) is 11.6 Å². The Balaban J connectivity index is 1.47. The molecule has 31 heavy (non-hydrogen) atoms. The van der Waals surface area contributed by atoms with Crippen molar-refractivity contribution in [1.82, 2.24) is 15.6 Å². The van der Waals surface area contributed by atoms with E-state index in [1.54, 1.807) is 6.92 Å². The molecule has 0 spiro atoms. The van der Waals surface area contributed by atoms with E-state index < -0.39 is 11.6 Å². The second-order valence-corrected chi connectivity index (χ2v) is 8.44. The van der Waals surface area contributed by atoms with E-state index >= 15 is 0 Å². The number of amides is 2. The highest BCUT2D eigenvalue weighted by molar-refractivity contribution is 5.91. The molecular weight excluding hydrogens is 390 g/mol. The lowest BCUT2D eigenvalue weighted by atomic mass is 9.91. The number of carbonyl (C=O) groups excluding carboxylic acids is 2. The van der Waals surface area contributed by atoms with Crippen LogP contribution in [-0.4, -0.2) is 35.2 Å². The molecule has 0 unspecified atom stereocenters. The Morgan fingerprint density at radius 2 is 1.84 bits per heavy atom. The second kappa shape index (κ2) is 9.25. The molecule has 2 aromatic carbocycles. The van der Waals surface area contributed by atoms with Crippen molar-refractivity contribution in [2.45, 2.75) is 50.7 Å². The van der Waals surface area contributed by atoms with Crippen molar-refractivity contribution in [2.24, 2.45) is 0 Å². The lowest BCUT2D eigenvalue weighted by Gasteiger charge is -2.32. The van der Waals surface area contributed by atoms with Crippen LogP contribution in [0.1, 0.15) is 37.3 Å². The normalized spacial score (nSPS) is 15.6. The molecule has 1 aromatic heterocycles. The molecule has 1 aliphatic rings. The molecule has 6 nitrogen and oxygen atoms in total. The van der Waals surface area contributed by atoms with Gasteiger partial charge in [0.25, 0.3) is 0 Å². The Hall–Kier alpha value is -3.28. The van der Waals surface area contributed by atoms with Crippen molar-refractivity contribution in [1.29, 1.82) is 0 Å². The Morgan fingerprint density at radius 3 is 2.58 bits per heavy atom. The van der Waals surface area contributed by atoms with Crippen LogP contribution in [0.5, 0.6) is 0 Å². The lowest BCUT2D eigenvalue weighted by Crippen LogP contribution is -2.59. The third-order valence-corrected chi connectivity index (χ3v) is 5.97. The quantitative estimate of drug-likeness (QED) is 0.514. The van der Waals surface area contributed by atoms with Crippen molar-refractivity contribution in [3.05, 3.63) is 71.9 Å². The molecule has 0 radical (unpaired) electrons. The van der Waals surface area contributed by atoms with E-state index in [0.29, 0.717) is 13.0 Å². The Labute approximate surface area is 182 Å². The Bertz CT molecular complexity index is 1040. The van der Waals surface area contributed by atoms with Crippen molar-refractivity contribution >= 4 is 22.9 Å². The first-order valence-corrected chi connectivity index (χ1v) is 10.9. The molecule has 0 bridgehead atoms. The minimum atomic E-state index is -1.14. The van der Waals surface area contributed by atoms with Crippen LogP contribution in [0, 0.1) is 0 Å². The van der Waals surface area contributed by atoms with Gasteiger partial charge in [0, 0.05) is 30.1 Å². The summed E-state index contributed by atoms with van der Waals surface area (Å²) in [6.07, 6.45) is 5.25. The number of H-pyrrole nitrogens is 1. The number of aromatic amines is 1. The van der Waals surface area contributed by atoms with Gasteiger partial charge in [-0.15, -0.1) is 0 Å². The number of ether oxygens (including phenoxy) is 1. The topological polar surface area (TPSA) is 83.2 Å². The van der Waals surface area contributed by atoms with Crippen LogP contribution in [0.4, 0.5) is 4.79 Å². The summed E-state index contributed by atoms with van der Waals surface area (Å²) in [6.45, 7) is 2.25. The van der Waals surface area contributed by atoms with Crippen molar-refractivity contribution in [3.63, 3.8) is 0 Å². The SMILES string of the molecule is C[C@@](Cc1c[nH]c2ccccc12)(NC(=O)OC1CCC1)C(=O)NCCc1ccccc1. The Kier molecular flexibility index (Phi) is 6.26. The van der Waals surface area contributed by atoms with Gasteiger partial charge < -0.3 is 20.4 Å². The van der Waals surface area contributed by atoms with Gasteiger partial charge >= 0.3 is 6.09 Å². The maximum absolute atomic E-state index is 13.2. The summed E-state index contributed by atoms with van der Waals surface area (Å²) in [5, 5.41) is 6.90. The van der Waals surface area contributed by atoms with E-state index in [9.17, 15) is 9.59 Å². The van der Waals surface area contributed by atoms with E-state index in [0.717, 1.165) is 47.7 Å². The van der Waals surface area contributed by atoms with Gasteiger partial charge in [-0.3, -0.25) is 4.79 Å². The van der Waals surface area contributed by atoms with E-state index in [-0.39, 0.29) is 12.0 Å². The van der Waals surface area contributed by atoms with Gasteiger partial charge in [0.2, 0.25) is 5.91 Å². The van der Waals surface area contributed by atoms with Gasteiger partial charge in [-0.1, -0.05) is 48.5 Å². The number of fused-ring (bicyclic) bond motifs is 1. The van der Waals surface area contributed by atoms with Gasteiger partial charge in [0.05, 0.1) is 0 Å². The third-order valence-electron chi connectivity index (χ3n) is 5.97.